The van der Waals surface area contributed by atoms with Crippen molar-refractivity contribution in [2.24, 2.45) is 0 Å². The average Bonchev–Trinajstić information content (AvgIpc) is 2.29. The van der Waals surface area contributed by atoms with Crippen LogP contribution >= 0.6 is 24.0 Å². The molecule has 0 spiro atoms. The molecule has 0 atom stereocenters. The van der Waals surface area contributed by atoms with Crippen molar-refractivity contribution in [1.82, 2.24) is 14.9 Å². The Morgan fingerprint density at radius 1 is 1.25 bits per heavy atom. The van der Waals surface area contributed by atoms with E-state index in [4.69, 9.17) is 11.6 Å². The highest BCUT2D eigenvalue weighted by atomic mass is 35.5. The fraction of sp³-hybridized carbons (Fsp3) is 0.600. The van der Waals surface area contributed by atoms with Crippen LogP contribution in [-0.2, 0) is 0 Å². The highest BCUT2D eigenvalue weighted by molar-refractivity contribution is 6.29. The molecule has 1 saturated heterocycles. The van der Waals surface area contributed by atoms with Crippen molar-refractivity contribution >= 4 is 29.8 Å². The summed E-state index contributed by atoms with van der Waals surface area (Å²) in [5.74, 6) is 0.936. The molecule has 16 heavy (non-hydrogen) atoms. The maximum Gasteiger partial charge on any atom is 0.134 e. The van der Waals surface area contributed by atoms with Gasteiger partial charge in [-0.25, -0.2) is 9.97 Å². The summed E-state index contributed by atoms with van der Waals surface area (Å²) in [6, 6.07) is 1.82. The van der Waals surface area contributed by atoms with Crippen LogP contribution in [0.25, 0.3) is 0 Å². The summed E-state index contributed by atoms with van der Waals surface area (Å²) in [6.07, 6.45) is 1.52. The van der Waals surface area contributed by atoms with Crippen LogP contribution in [0, 0.1) is 0 Å². The van der Waals surface area contributed by atoms with Crippen LogP contribution in [0.15, 0.2) is 12.4 Å². The third-order valence-corrected chi connectivity index (χ3v) is 2.97. The van der Waals surface area contributed by atoms with Crippen molar-refractivity contribution in [2.75, 3.05) is 37.6 Å². The first-order valence-electron chi connectivity index (χ1n) is 5.24. The number of likely N-dealkylation sites (N-methyl/N-ethyl adjacent to an activating group) is 1. The molecular weight excluding hydrogens is 247 g/mol. The first-order valence-corrected chi connectivity index (χ1v) is 5.62. The standard InChI is InChI=1S/C10H15ClN4.ClH/c1-2-14-3-5-15(6-4-14)10-7-9(11)12-8-13-10;/h7-8H,2-6H2,1H3;1H. The Morgan fingerprint density at radius 2 is 1.94 bits per heavy atom. The van der Waals surface area contributed by atoms with Crippen LogP contribution in [-0.4, -0.2) is 47.6 Å². The topological polar surface area (TPSA) is 32.3 Å². The second-order valence-corrected chi connectivity index (χ2v) is 4.01. The van der Waals surface area contributed by atoms with E-state index in [0.717, 1.165) is 38.5 Å². The van der Waals surface area contributed by atoms with E-state index in [9.17, 15) is 0 Å². The van der Waals surface area contributed by atoms with Gasteiger partial charge in [0.15, 0.2) is 0 Å². The number of nitrogens with zero attached hydrogens (tertiary/aromatic N) is 4. The van der Waals surface area contributed by atoms with Crippen molar-refractivity contribution in [3.05, 3.63) is 17.5 Å². The number of halogens is 2. The molecule has 0 N–H and O–H groups in total. The SMILES string of the molecule is CCN1CCN(c2cc(Cl)ncn2)CC1.Cl. The molecule has 0 saturated carbocycles. The van der Waals surface area contributed by atoms with Gasteiger partial charge in [-0.2, -0.15) is 0 Å². The zero-order valence-corrected chi connectivity index (χ0v) is 10.8. The molecule has 4 nitrogen and oxygen atoms in total. The molecule has 2 heterocycles. The highest BCUT2D eigenvalue weighted by Gasteiger charge is 2.16. The lowest BCUT2D eigenvalue weighted by molar-refractivity contribution is 0.270. The van der Waals surface area contributed by atoms with Gasteiger partial charge >= 0.3 is 0 Å². The monoisotopic (exact) mass is 262 g/mol. The molecule has 90 valence electrons. The molecule has 0 aliphatic carbocycles. The predicted molar refractivity (Wildman–Crippen MR) is 68.6 cm³/mol. The summed E-state index contributed by atoms with van der Waals surface area (Å²) in [6.45, 7) is 7.54. The number of rotatable bonds is 2. The minimum absolute atomic E-state index is 0. The van der Waals surface area contributed by atoms with Crippen LogP contribution in [0.3, 0.4) is 0 Å². The first kappa shape index (κ1) is 13.5. The fourth-order valence-electron chi connectivity index (χ4n) is 1.79. The second kappa shape index (κ2) is 6.23. The van der Waals surface area contributed by atoms with E-state index in [2.05, 4.69) is 26.7 Å². The molecule has 1 aromatic heterocycles. The van der Waals surface area contributed by atoms with Crippen LogP contribution in [0.2, 0.25) is 5.15 Å². The molecule has 1 aliphatic rings. The summed E-state index contributed by atoms with van der Waals surface area (Å²) < 4.78 is 0. The van der Waals surface area contributed by atoms with E-state index >= 15 is 0 Å². The zero-order chi connectivity index (χ0) is 10.7. The average molecular weight is 263 g/mol. The molecule has 2 rings (SSSR count). The smallest absolute Gasteiger partial charge is 0.134 e. The van der Waals surface area contributed by atoms with E-state index in [1.54, 1.807) is 0 Å². The van der Waals surface area contributed by atoms with Gasteiger partial charge in [-0.05, 0) is 6.54 Å². The Kier molecular flexibility index (Phi) is 5.25. The lowest BCUT2D eigenvalue weighted by Crippen LogP contribution is -2.46. The Labute approximate surface area is 107 Å². The summed E-state index contributed by atoms with van der Waals surface area (Å²) >= 11 is 5.83. The van der Waals surface area contributed by atoms with Gasteiger partial charge in [-0.1, -0.05) is 18.5 Å². The molecule has 0 aromatic carbocycles. The minimum atomic E-state index is 0. The largest absolute Gasteiger partial charge is 0.354 e. The Hall–Kier alpha value is -0.580. The Bertz CT molecular complexity index is 326. The minimum Gasteiger partial charge on any atom is -0.354 e. The fourth-order valence-corrected chi connectivity index (χ4v) is 1.93. The molecule has 0 amide bonds. The maximum atomic E-state index is 5.83. The molecule has 1 fully saturated rings. The Morgan fingerprint density at radius 3 is 2.50 bits per heavy atom. The molecule has 6 heteroatoms. The van der Waals surface area contributed by atoms with E-state index in [-0.39, 0.29) is 12.4 Å². The van der Waals surface area contributed by atoms with Crippen molar-refractivity contribution in [1.29, 1.82) is 0 Å². The molecule has 1 aliphatic heterocycles. The van der Waals surface area contributed by atoms with Gasteiger partial charge < -0.3 is 9.80 Å². The van der Waals surface area contributed by atoms with E-state index in [1.165, 1.54) is 6.33 Å². The van der Waals surface area contributed by atoms with Crippen LogP contribution in [0.1, 0.15) is 6.92 Å². The highest BCUT2D eigenvalue weighted by Crippen LogP contribution is 2.15. The molecule has 0 unspecified atom stereocenters. The summed E-state index contributed by atoms with van der Waals surface area (Å²) in [7, 11) is 0. The third-order valence-electron chi connectivity index (χ3n) is 2.76. The van der Waals surface area contributed by atoms with E-state index in [0.29, 0.717) is 5.15 Å². The van der Waals surface area contributed by atoms with E-state index in [1.807, 2.05) is 6.07 Å². The summed E-state index contributed by atoms with van der Waals surface area (Å²) in [4.78, 5) is 12.8. The quantitative estimate of drug-likeness (QED) is 0.760. The van der Waals surface area contributed by atoms with Crippen molar-refractivity contribution in [3.63, 3.8) is 0 Å². The first-order chi connectivity index (χ1) is 7.29. The van der Waals surface area contributed by atoms with Gasteiger partial charge in [0.2, 0.25) is 0 Å². The van der Waals surface area contributed by atoms with Crippen molar-refractivity contribution < 1.29 is 0 Å². The van der Waals surface area contributed by atoms with Crippen LogP contribution < -0.4 is 4.90 Å². The maximum absolute atomic E-state index is 5.83. The predicted octanol–water partition coefficient (Wildman–Crippen LogP) is 1.69. The normalized spacial score (nSPS) is 17.0. The molecule has 0 radical (unpaired) electrons. The number of hydrogen-bond donors (Lipinski definition) is 0. The van der Waals surface area contributed by atoms with Crippen LogP contribution in [0.4, 0.5) is 5.82 Å². The third kappa shape index (κ3) is 3.20. The zero-order valence-electron chi connectivity index (χ0n) is 9.27. The van der Waals surface area contributed by atoms with Gasteiger partial charge in [-0.3, -0.25) is 0 Å². The van der Waals surface area contributed by atoms with Crippen LogP contribution in [0.5, 0.6) is 0 Å². The molecular formula is C10H16Cl2N4. The van der Waals surface area contributed by atoms with Crippen molar-refractivity contribution in [3.8, 4) is 0 Å². The van der Waals surface area contributed by atoms with Gasteiger partial charge in [-0.15, -0.1) is 12.4 Å². The number of anilines is 1. The number of hydrogen-bond acceptors (Lipinski definition) is 4. The summed E-state index contributed by atoms with van der Waals surface area (Å²) in [5.41, 5.74) is 0. The lowest BCUT2D eigenvalue weighted by atomic mass is 10.3. The van der Waals surface area contributed by atoms with Gasteiger partial charge in [0.1, 0.15) is 17.3 Å². The van der Waals surface area contributed by atoms with Gasteiger partial charge in [0.05, 0.1) is 0 Å². The summed E-state index contributed by atoms with van der Waals surface area (Å²) in [5, 5.41) is 0.512. The van der Waals surface area contributed by atoms with Crippen molar-refractivity contribution in [2.45, 2.75) is 6.92 Å². The molecule has 1 aromatic rings. The number of piperazine rings is 1. The Balaban J connectivity index is 0.00000128. The second-order valence-electron chi connectivity index (χ2n) is 3.62. The van der Waals surface area contributed by atoms with Gasteiger partial charge in [0.25, 0.3) is 0 Å². The van der Waals surface area contributed by atoms with E-state index < -0.39 is 0 Å². The van der Waals surface area contributed by atoms with Gasteiger partial charge in [0, 0.05) is 32.2 Å². The number of aromatic nitrogens is 2. The molecule has 0 bridgehead atoms. The lowest BCUT2D eigenvalue weighted by Gasteiger charge is -2.34.